The van der Waals surface area contributed by atoms with Gasteiger partial charge >= 0.3 is 11.9 Å². The summed E-state index contributed by atoms with van der Waals surface area (Å²) < 4.78 is 10.7. The normalized spacial score (nSPS) is 10.9. The summed E-state index contributed by atoms with van der Waals surface area (Å²) >= 11 is 0. The topological polar surface area (TPSA) is 65.5 Å². The summed E-state index contributed by atoms with van der Waals surface area (Å²) in [6.07, 6.45) is 23.3. The number of carbonyl (C=O) groups excluding carboxylic acids is 2. The highest BCUT2D eigenvalue weighted by molar-refractivity contribution is 5.91. The van der Waals surface area contributed by atoms with Gasteiger partial charge in [0.15, 0.2) is 0 Å². The van der Waals surface area contributed by atoms with E-state index in [-0.39, 0.29) is 11.4 Å². The minimum Gasteiger partial charge on any atom is -0.461 e. The minimum atomic E-state index is -0.479. The third-order valence-corrected chi connectivity index (χ3v) is 6.38. The van der Waals surface area contributed by atoms with Gasteiger partial charge in [0, 0.05) is 0 Å². The van der Waals surface area contributed by atoms with Crippen LogP contribution in [-0.2, 0) is 9.47 Å². The van der Waals surface area contributed by atoms with Gasteiger partial charge in [-0.25, -0.2) is 14.6 Å². The molecule has 0 aliphatic heterocycles. The minimum absolute atomic E-state index is 0.161. The summed E-state index contributed by atoms with van der Waals surface area (Å²) in [7, 11) is 0. The third kappa shape index (κ3) is 17.2. The van der Waals surface area contributed by atoms with Crippen molar-refractivity contribution in [2.45, 2.75) is 136 Å². The lowest BCUT2D eigenvalue weighted by Gasteiger charge is -2.07. The zero-order valence-electron chi connectivity index (χ0n) is 22.7. The fourth-order valence-electron chi connectivity index (χ4n) is 4.14. The van der Waals surface area contributed by atoms with Crippen molar-refractivity contribution in [3.8, 4) is 0 Å². The van der Waals surface area contributed by atoms with Gasteiger partial charge in [0.05, 0.1) is 13.2 Å². The van der Waals surface area contributed by atoms with Crippen LogP contribution in [0.15, 0.2) is 18.2 Å². The van der Waals surface area contributed by atoms with Gasteiger partial charge in [-0.2, -0.15) is 0 Å². The molecule has 0 aliphatic carbocycles. The van der Waals surface area contributed by atoms with Crippen LogP contribution in [0.4, 0.5) is 0 Å². The van der Waals surface area contributed by atoms with Crippen molar-refractivity contribution in [1.82, 2.24) is 4.98 Å². The first kappa shape index (κ1) is 31.1. The molecule has 35 heavy (non-hydrogen) atoms. The molecule has 0 amide bonds. The smallest absolute Gasteiger partial charge is 0.356 e. The monoisotopic (exact) mass is 489 g/mol. The molecule has 5 nitrogen and oxygen atoms in total. The molecule has 0 radical (unpaired) electrons. The van der Waals surface area contributed by atoms with Gasteiger partial charge in [-0.05, 0) is 25.0 Å². The van der Waals surface area contributed by atoms with Crippen LogP contribution in [0, 0.1) is 0 Å². The highest BCUT2D eigenvalue weighted by atomic mass is 16.5. The van der Waals surface area contributed by atoms with Crippen LogP contribution in [0.3, 0.4) is 0 Å². The van der Waals surface area contributed by atoms with Crippen LogP contribution in [0.1, 0.15) is 157 Å². The maximum Gasteiger partial charge on any atom is 0.356 e. The molecule has 0 fully saturated rings. The number of hydrogen-bond donors (Lipinski definition) is 0. The van der Waals surface area contributed by atoms with Gasteiger partial charge in [-0.1, -0.05) is 129 Å². The lowest BCUT2D eigenvalue weighted by molar-refractivity contribution is 0.0482. The predicted octanol–water partition coefficient (Wildman–Crippen LogP) is 8.85. The molecule has 1 aromatic heterocycles. The van der Waals surface area contributed by atoms with E-state index in [9.17, 15) is 9.59 Å². The quantitative estimate of drug-likeness (QED) is 0.113. The molecule has 0 saturated carbocycles. The molecule has 0 unspecified atom stereocenters. The Morgan fingerprint density at radius 3 is 1.20 bits per heavy atom. The van der Waals surface area contributed by atoms with E-state index in [1.54, 1.807) is 18.2 Å². The highest BCUT2D eigenvalue weighted by Crippen LogP contribution is 2.12. The number of pyridine rings is 1. The van der Waals surface area contributed by atoms with Gasteiger partial charge < -0.3 is 9.47 Å². The van der Waals surface area contributed by atoms with E-state index in [4.69, 9.17) is 9.47 Å². The molecule has 0 spiro atoms. The molecule has 0 bridgehead atoms. The van der Waals surface area contributed by atoms with Gasteiger partial charge in [0.1, 0.15) is 11.4 Å². The first-order valence-corrected chi connectivity index (χ1v) is 14.5. The van der Waals surface area contributed by atoms with Crippen LogP contribution in [0.25, 0.3) is 0 Å². The van der Waals surface area contributed by atoms with Crippen molar-refractivity contribution in [2.75, 3.05) is 13.2 Å². The van der Waals surface area contributed by atoms with Crippen molar-refractivity contribution in [2.24, 2.45) is 0 Å². The Hall–Kier alpha value is -1.91. The first-order chi connectivity index (χ1) is 17.2. The van der Waals surface area contributed by atoms with E-state index in [1.165, 1.54) is 96.3 Å². The Kier molecular flexibility index (Phi) is 20.0. The molecule has 0 saturated heterocycles. The molecule has 1 rings (SSSR count). The van der Waals surface area contributed by atoms with Crippen LogP contribution in [0.2, 0.25) is 0 Å². The number of carbonyl (C=O) groups is 2. The summed E-state index contributed by atoms with van der Waals surface area (Å²) in [6, 6.07) is 4.81. The van der Waals surface area contributed by atoms with Crippen LogP contribution in [-0.4, -0.2) is 30.1 Å². The highest BCUT2D eigenvalue weighted by Gasteiger charge is 2.14. The number of rotatable bonds is 23. The Morgan fingerprint density at radius 2 is 0.857 bits per heavy atom. The fraction of sp³-hybridized carbons (Fsp3) is 0.767. The Balaban J connectivity index is 2.11. The fourth-order valence-corrected chi connectivity index (χ4v) is 4.14. The molecule has 0 N–H and O–H groups in total. The molecule has 1 aromatic rings. The van der Waals surface area contributed by atoms with Crippen LogP contribution >= 0.6 is 0 Å². The van der Waals surface area contributed by atoms with Crippen molar-refractivity contribution in [1.29, 1.82) is 0 Å². The first-order valence-electron chi connectivity index (χ1n) is 14.5. The maximum atomic E-state index is 12.3. The van der Waals surface area contributed by atoms with E-state index in [2.05, 4.69) is 18.8 Å². The van der Waals surface area contributed by atoms with Gasteiger partial charge in [0.2, 0.25) is 0 Å². The Morgan fingerprint density at radius 1 is 0.543 bits per heavy atom. The van der Waals surface area contributed by atoms with Crippen LogP contribution in [0.5, 0.6) is 0 Å². The number of aromatic nitrogens is 1. The zero-order valence-corrected chi connectivity index (χ0v) is 22.7. The van der Waals surface area contributed by atoms with E-state index in [1.807, 2.05) is 0 Å². The largest absolute Gasteiger partial charge is 0.461 e. The van der Waals surface area contributed by atoms with E-state index in [0.717, 1.165) is 25.7 Å². The van der Waals surface area contributed by atoms with E-state index < -0.39 is 11.9 Å². The Bertz CT molecular complexity index is 662. The summed E-state index contributed by atoms with van der Waals surface area (Å²) in [6.45, 7) is 5.26. The van der Waals surface area contributed by atoms with Crippen molar-refractivity contribution >= 4 is 11.9 Å². The average molecular weight is 490 g/mol. The van der Waals surface area contributed by atoms with Crippen LogP contribution < -0.4 is 0 Å². The predicted molar refractivity (Wildman–Crippen MR) is 144 cm³/mol. The van der Waals surface area contributed by atoms with Crippen molar-refractivity contribution in [3.05, 3.63) is 29.6 Å². The lowest BCUT2D eigenvalue weighted by atomic mass is 10.1. The molecule has 5 heteroatoms. The molecular formula is C30H51NO4. The summed E-state index contributed by atoms with van der Waals surface area (Å²) in [5.41, 5.74) is 0.323. The molecule has 200 valence electrons. The van der Waals surface area contributed by atoms with Crippen molar-refractivity contribution in [3.63, 3.8) is 0 Å². The maximum absolute atomic E-state index is 12.3. The number of nitrogens with zero attached hydrogens (tertiary/aromatic N) is 1. The molecule has 0 aliphatic rings. The van der Waals surface area contributed by atoms with Crippen molar-refractivity contribution < 1.29 is 19.1 Å². The number of ether oxygens (including phenoxy) is 2. The number of esters is 2. The molecular weight excluding hydrogens is 438 g/mol. The molecule has 0 aromatic carbocycles. The summed E-state index contributed by atoms with van der Waals surface area (Å²) in [5, 5.41) is 0. The van der Waals surface area contributed by atoms with E-state index in [0.29, 0.717) is 13.2 Å². The molecule has 0 atom stereocenters. The van der Waals surface area contributed by atoms with Gasteiger partial charge in [0.25, 0.3) is 0 Å². The zero-order chi connectivity index (χ0) is 25.4. The number of hydrogen-bond acceptors (Lipinski definition) is 5. The SMILES string of the molecule is CCCCCCCCCCCCCOC(=O)c1cccc(C(=O)OCCCCCCCCCC)n1. The Labute approximate surface area is 214 Å². The van der Waals surface area contributed by atoms with Gasteiger partial charge in [-0.15, -0.1) is 0 Å². The lowest BCUT2D eigenvalue weighted by Crippen LogP contribution is -2.13. The second-order valence-corrected chi connectivity index (χ2v) is 9.69. The second-order valence-electron chi connectivity index (χ2n) is 9.69. The summed E-state index contributed by atoms with van der Waals surface area (Å²) in [5.74, 6) is -0.956. The van der Waals surface area contributed by atoms with E-state index >= 15 is 0 Å². The number of unbranched alkanes of at least 4 members (excludes halogenated alkanes) is 17. The standard InChI is InChI=1S/C30H51NO4/c1-3-5-7-9-11-13-14-15-17-19-21-26-35-30(33)28-24-22-23-27(31-28)29(32)34-25-20-18-16-12-10-8-6-4-2/h22-24H,3-21,25-26H2,1-2H3. The van der Waals surface area contributed by atoms with Gasteiger partial charge in [-0.3, -0.25) is 0 Å². The summed E-state index contributed by atoms with van der Waals surface area (Å²) in [4.78, 5) is 28.7. The molecule has 1 heterocycles. The third-order valence-electron chi connectivity index (χ3n) is 6.38. The average Bonchev–Trinajstić information content (AvgIpc) is 2.88. The second kappa shape index (κ2) is 22.5.